The summed E-state index contributed by atoms with van der Waals surface area (Å²) in [6.07, 6.45) is 4.19. The number of halogens is 1. The Bertz CT molecular complexity index is 571. The number of rotatable bonds is 3. The largest absolute Gasteiger partial charge is 0.391 e. The van der Waals surface area contributed by atoms with Crippen LogP contribution in [0, 0.1) is 5.82 Å². The predicted molar refractivity (Wildman–Crippen MR) is 84.1 cm³/mol. The zero-order valence-corrected chi connectivity index (χ0v) is 13.2. The van der Waals surface area contributed by atoms with E-state index in [2.05, 4.69) is 0 Å². The molecule has 2 atom stereocenters. The van der Waals surface area contributed by atoms with Crippen molar-refractivity contribution in [2.24, 2.45) is 0 Å². The van der Waals surface area contributed by atoms with Gasteiger partial charge in [0.25, 0.3) is 0 Å². The Morgan fingerprint density at radius 1 is 1.30 bits per heavy atom. The van der Waals surface area contributed by atoms with Gasteiger partial charge in [0.05, 0.1) is 24.2 Å². The second-order valence-corrected chi connectivity index (χ2v) is 6.97. The van der Waals surface area contributed by atoms with Crippen LogP contribution in [0.5, 0.6) is 0 Å². The minimum absolute atomic E-state index is 0.0888. The zero-order chi connectivity index (χ0) is 16.4. The monoisotopic (exact) mass is 321 g/mol. The highest BCUT2D eigenvalue weighted by molar-refractivity contribution is 5.78. The Kier molecular flexibility index (Phi) is 4.69. The molecule has 0 radical (unpaired) electrons. The standard InChI is InChI=1S/C18H24FNO3/c19-14-6-4-5-13(9-14)16-10-15(21)12-20(16)17(22)11-18(23)7-2-1-3-8-18/h4-6,9,15-16,21,23H,1-3,7-8,10-12H2/t15-,16-/m0/s1. The average molecular weight is 321 g/mol. The van der Waals surface area contributed by atoms with Crippen LogP contribution in [0.3, 0.4) is 0 Å². The third kappa shape index (κ3) is 3.72. The molecule has 1 saturated heterocycles. The third-order valence-corrected chi connectivity index (χ3v) is 5.10. The van der Waals surface area contributed by atoms with Crippen LogP contribution in [0.1, 0.15) is 56.6 Å². The van der Waals surface area contributed by atoms with E-state index in [-0.39, 0.29) is 30.7 Å². The Balaban J connectivity index is 1.75. The Morgan fingerprint density at radius 3 is 2.74 bits per heavy atom. The quantitative estimate of drug-likeness (QED) is 0.899. The number of carbonyl (C=O) groups excluding carboxylic acids is 1. The first-order valence-corrected chi connectivity index (χ1v) is 8.42. The molecule has 0 spiro atoms. The zero-order valence-electron chi connectivity index (χ0n) is 13.2. The summed E-state index contributed by atoms with van der Waals surface area (Å²) >= 11 is 0. The SMILES string of the molecule is O=C(CC1(O)CCCCC1)N1C[C@@H](O)C[C@H]1c1cccc(F)c1. The topological polar surface area (TPSA) is 60.8 Å². The summed E-state index contributed by atoms with van der Waals surface area (Å²) in [6, 6.07) is 5.86. The molecule has 0 aromatic heterocycles. The summed E-state index contributed by atoms with van der Waals surface area (Å²) in [5.74, 6) is -0.498. The highest BCUT2D eigenvalue weighted by Crippen LogP contribution is 2.36. The molecule has 1 heterocycles. The summed E-state index contributed by atoms with van der Waals surface area (Å²) in [5.41, 5.74) is -0.222. The summed E-state index contributed by atoms with van der Waals surface area (Å²) in [6.45, 7) is 0.246. The van der Waals surface area contributed by atoms with Crippen molar-refractivity contribution in [1.82, 2.24) is 4.90 Å². The van der Waals surface area contributed by atoms with E-state index in [1.165, 1.54) is 12.1 Å². The van der Waals surface area contributed by atoms with Crippen molar-refractivity contribution in [1.29, 1.82) is 0 Å². The average Bonchev–Trinajstić information content (AvgIpc) is 2.90. The van der Waals surface area contributed by atoms with Crippen molar-refractivity contribution in [3.8, 4) is 0 Å². The van der Waals surface area contributed by atoms with Crippen LogP contribution in [0.4, 0.5) is 4.39 Å². The van der Waals surface area contributed by atoms with Crippen LogP contribution >= 0.6 is 0 Å². The van der Waals surface area contributed by atoms with Gasteiger partial charge in [0.2, 0.25) is 5.91 Å². The summed E-state index contributed by atoms with van der Waals surface area (Å²) in [4.78, 5) is 14.3. The van der Waals surface area contributed by atoms with Gasteiger partial charge in [-0.05, 0) is 37.0 Å². The number of carbonyl (C=O) groups is 1. The molecule has 2 aliphatic rings. The van der Waals surface area contributed by atoms with Gasteiger partial charge in [-0.2, -0.15) is 0 Å². The first-order chi connectivity index (χ1) is 11.0. The van der Waals surface area contributed by atoms with Crippen molar-refractivity contribution in [3.63, 3.8) is 0 Å². The van der Waals surface area contributed by atoms with E-state index in [9.17, 15) is 19.4 Å². The molecule has 1 aromatic rings. The second-order valence-electron chi connectivity index (χ2n) is 6.97. The minimum Gasteiger partial charge on any atom is -0.391 e. The fraction of sp³-hybridized carbons (Fsp3) is 0.611. The number of aliphatic hydroxyl groups excluding tert-OH is 1. The fourth-order valence-electron chi connectivity index (χ4n) is 3.89. The van der Waals surface area contributed by atoms with Gasteiger partial charge in [0, 0.05) is 6.54 Å². The molecular formula is C18H24FNO3. The smallest absolute Gasteiger partial charge is 0.226 e. The van der Waals surface area contributed by atoms with Gasteiger partial charge < -0.3 is 15.1 Å². The van der Waals surface area contributed by atoms with Crippen LogP contribution in [0.15, 0.2) is 24.3 Å². The molecule has 3 rings (SSSR count). The first-order valence-electron chi connectivity index (χ1n) is 8.42. The molecule has 0 unspecified atom stereocenters. The van der Waals surface area contributed by atoms with Crippen LogP contribution < -0.4 is 0 Å². The molecule has 23 heavy (non-hydrogen) atoms. The predicted octanol–water partition coefficient (Wildman–Crippen LogP) is 2.55. The number of β-amino-alcohol motifs (C(OH)–C–C–N with tert-alkyl or cyclic N) is 1. The lowest BCUT2D eigenvalue weighted by Gasteiger charge is -2.34. The molecule has 1 saturated carbocycles. The second kappa shape index (κ2) is 6.57. The molecule has 2 fully saturated rings. The van der Waals surface area contributed by atoms with E-state index in [1.54, 1.807) is 17.0 Å². The molecule has 4 nitrogen and oxygen atoms in total. The third-order valence-electron chi connectivity index (χ3n) is 5.10. The summed E-state index contributed by atoms with van der Waals surface area (Å²) in [7, 11) is 0. The lowest BCUT2D eigenvalue weighted by atomic mass is 9.82. The van der Waals surface area contributed by atoms with Crippen molar-refractivity contribution in [3.05, 3.63) is 35.6 Å². The van der Waals surface area contributed by atoms with Crippen molar-refractivity contribution >= 4 is 5.91 Å². The molecule has 1 aliphatic carbocycles. The van der Waals surface area contributed by atoms with E-state index >= 15 is 0 Å². The Hall–Kier alpha value is -1.46. The molecule has 1 aliphatic heterocycles. The van der Waals surface area contributed by atoms with E-state index < -0.39 is 11.7 Å². The highest BCUT2D eigenvalue weighted by atomic mass is 19.1. The van der Waals surface area contributed by atoms with Gasteiger partial charge >= 0.3 is 0 Å². The minimum atomic E-state index is -0.921. The Morgan fingerprint density at radius 2 is 2.04 bits per heavy atom. The van der Waals surface area contributed by atoms with Crippen molar-refractivity contribution < 1.29 is 19.4 Å². The van der Waals surface area contributed by atoms with Gasteiger partial charge in [0.15, 0.2) is 0 Å². The molecule has 0 bridgehead atoms. The van der Waals surface area contributed by atoms with E-state index in [0.717, 1.165) is 19.3 Å². The molecule has 1 aromatic carbocycles. The molecular weight excluding hydrogens is 297 g/mol. The van der Waals surface area contributed by atoms with Gasteiger partial charge in [-0.25, -0.2) is 4.39 Å². The normalized spacial score (nSPS) is 27.2. The van der Waals surface area contributed by atoms with E-state index in [4.69, 9.17) is 0 Å². The number of nitrogens with zero attached hydrogens (tertiary/aromatic N) is 1. The molecule has 5 heteroatoms. The fourth-order valence-corrected chi connectivity index (χ4v) is 3.89. The van der Waals surface area contributed by atoms with Crippen LogP contribution in [0.25, 0.3) is 0 Å². The highest BCUT2D eigenvalue weighted by Gasteiger charge is 2.39. The maximum absolute atomic E-state index is 13.5. The van der Waals surface area contributed by atoms with Crippen LogP contribution in [0.2, 0.25) is 0 Å². The number of hydrogen-bond donors (Lipinski definition) is 2. The first kappa shape index (κ1) is 16.4. The van der Waals surface area contributed by atoms with Crippen molar-refractivity contribution in [2.75, 3.05) is 6.54 Å². The number of benzene rings is 1. The van der Waals surface area contributed by atoms with Crippen molar-refractivity contribution in [2.45, 2.75) is 62.7 Å². The molecule has 2 N–H and O–H groups in total. The maximum Gasteiger partial charge on any atom is 0.226 e. The Labute approximate surface area is 135 Å². The summed E-state index contributed by atoms with van der Waals surface area (Å²) in [5, 5.41) is 20.6. The van der Waals surface area contributed by atoms with E-state index in [0.29, 0.717) is 24.8 Å². The molecule has 126 valence electrons. The summed E-state index contributed by atoms with van der Waals surface area (Å²) < 4.78 is 13.5. The van der Waals surface area contributed by atoms with Crippen LogP contribution in [-0.4, -0.2) is 39.3 Å². The maximum atomic E-state index is 13.5. The van der Waals surface area contributed by atoms with Gasteiger partial charge in [-0.3, -0.25) is 4.79 Å². The van der Waals surface area contributed by atoms with E-state index in [1.807, 2.05) is 0 Å². The number of hydrogen-bond acceptors (Lipinski definition) is 3. The molecule has 1 amide bonds. The number of likely N-dealkylation sites (tertiary alicyclic amines) is 1. The van der Waals surface area contributed by atoms with Gasteiger partial charge in [-0.1, -0.05) is 31.4 Å². The number of amides is 1. The number of aliphatic hydroxyl groups is 2. The lowest BCUT2D eigenvalue weighted by molar-refractivity contribution is -0.139. The lowest BCUT2D eigenvalue weighted by Crippen LogP contribution is -2.40. The van der Waals surface area contributed by atoms with Gasteiger partial charge in [-0.15, -0.1) is 0 Å². The van der Waals surface area contributed by atoms with Crippen LogP contribution in [-0.2, 0) is 4.79 Å². The van der Waals surface area contributed by atoms with Gasteiger partial charge in [0.1, 0.15) is 5.82 Å².